The van der Waals surface area contributed by atoms with Gasteiger partial charge in [0, 0.05) is 24.0 Å². The predicted molar refractivity (Wildman–Crippen MR) is 62.2 cm³/mol. The number of thiazole rings is 1. The number of nitrogens with one attached hydrogen (secondary N) is 1. The summed E-state index contributed by atoms with van der Waals surface area (Å²) < 4.78 is 5.28. The molecule has 1 unspecified atom stereocenters. The lowest BCUT2D eigenvalue weighted by atomic mass is 10.1. The maximum atomic E-state index is 5.28. The molecule has 0 saturated carbocycles. The van der Waals surface area contributed by atoms with Crippen molar-refractivity contribution in [1.82, 2.24) is 4.98 Å². The summed E-state index contributed by atoms with van der Waals surface area (Å²) >= 11 is 1.63. The Kier molecular flexibility index (Phi) is 3.40. The summed E-state index contributed by atoms with van der Waals surface area (Å²) in [4.78, 5) is 4.19. The van der Waals surface area contributed by atoms with Crippen LogP contribution < -0.4 is 5.32 Å². The zero-order valence-electron chi connectivity index (χ0n) is 8.64. The van der Waals surface area contributed by atoms with E-state index in [0.29, 0.717) is 6.04 Å². The van der Waals surface area contributed by atoms with Gasteiger partial charge in [-0.2, -0.15) is 0 Å². The predicted octanol–water partition coefficient (Wildman–Crippen LogP) is 3.17. The van der Waals surface area contributed by atoms with Gasteiger partial charge in [-0.25, -0.2) is 4.98 Å². The molecule has 0 amide bonds. The molecule has 0 fully saturated rings. The minimum absolute atomic E-state index is 0.418. The van der Waals surface area contributed by atoms with Crippen LogP contribution >= 0.6 is 11.3 Å². The first-order valence-electron chi connectivity index (χ1n) is 5.03. The van der Waals surface area contributed by atoms with Gasteiger partial charge in [0.15, 0.2) is 5.13 Å². The second-order valence-electron chi connectivity index (χ2n) is 3.50. The lowest BCUT2D eigenvalue weighted by molar-refractivity contribution is 0.495. The molecule has 3 nitrogen and oxygen atoms in total. The fourth-order valence-corrected chi connectivity index (χ4v) is 2.03. The molecule has 0 saturated heterocycles. The molecule has 0 aliphatic heterocycles. The first-order chi connectivity index (χ1) is 7.34. The molecule has 2 aromatic heterocycles. The van der Waals surface area contributed by atoms with E-state index >= 15 is 0 Å². The van der Waals surface area contributed by atoms with Gasteiger partial charge in [0.2, 0.25) is 0 Å². The van der Waals surface area contributed by atoms with E-state index in [2.05, 4.69) is 17.2 Å². The van der Waals surface area contributed by atoms with Crippen LogP contribution in [0.15, 0.2) is 34.4 Å². The number of aryl methyl sites for hydroxylation is 1. The number of rotatable bonds is 5. The molecule has 0 bridgehead atoms. The quantitative estimate of drug-likeness (QED) is 0.844. The number of nitrogens with zero attached hydrogens (tertiary/aromatic N) is 1. The number of hydrogen-bond donors (Lipinski definition) is 1. The Bertz CT molecular complexity index is 369. The molecule has 0 aliphatic carbocycles. The first kappa shape index (κ1) is 10.2. The van der Waals surface area contributed by atoms with Gasteiger partial charge in [-0.15, -0.1) is 11.3 Å². The summed E-state index contributed by atoms with van der Waals surface area (Å²) in [5, 5.41) is 6.31. The number of hydrogen-bond acceptors (Lipinski definition) is 4. The lowest BCUT2D eigenvalue weighted by Crippen LogP contribution is -2.15. The van der Waals surface area contributed by atoms with Crippen molar-refractivity contribution in [3.63, 3.8) is 0 Å². The van der Waals surface area contributed by atoms with E-state index in [1.54, 1.807) is 17.6 Å². The summed E-state index contributed by atoms with van der Waals surface area (Å²) in [5.41, 5.74) is 0. The minimum atomic E-state index is 0.418. The van der Waals surface area contributed by atoms with Crippen LogP contribution in [0.25, 0.3) is 0 Å². The highest BCUT2D eigenvalue weighted by Crippen LogP contribution is 2.14. The van der Waals surface area contributed by atoms with Crippen LogP contribution in [0.4, 0.5) is 5.13 Å². The van der Waals surface area contributed by atoms with Gasteiger partial charge < -0.3 is 9.73 Å². The van der Waals surface area contributed by atoms with Crippen LogP contribution in [0.3, 0.4) is 0 Å². The van der Waals surface area contributed by atoms with Crippen molar-refractivity contribution in [1.29, 1.82) is 0 Å². The van der Waals surface area contributed by atoms with Crippen LogP contribution in [-0.4, -0.2) is 11.0 Å². The SMILES string of the molecule is CC(CCc1ccco1)Nc1nccs1. The monoisotopic (exact) mass is 222 g/mol. The molecule has 2 rings (SSSR count). The van der Waals surface area contributed by atoms with Crippen LogP contribution in [0.2, 0.25) is 0 Å². The van der Waals surface area contributed by atoms with E-state index in [1.807, 2.05) is 23.7 Å². The Labute approximate surface area is 93.2 Å². The molecule has 1 atom stereocenters. The van der Waals surface area contributed by atoms with Gasteiger partial charge in [-0.3, -0.25) is 0 Å². The first-order valence-corrected chi connectivity index (χ1v) is 5.91. The molecule has 15 heavy (non-hydrogen) atoms. The lowest BCUT2D eigenvalue weighted by Gasteiger charge is -2.11. The van der Waals surface area contributed by atoms with Gasteiger partial charge in [0.25, 0.3) is 0 Å². The van der Waals surface area contributed by atoms with Gasteiger partial charge in [0.05, 0.1) is 6.26 Å². The van der Waals surface area contributed by atoms with Crippen LogP contribution in [-0.2, 0) is 6.42 Å². The Hall–Kier alpha value is -1.29. The maximum absolute atomic E-state index is 5.28. The summed E-state index contributed by atoms with van der Waals surface area (Å²) in [6.07, 6.45) is 5.54. The fourth-order valence-electron chi connectivity index (χ4n) is 1.39. The fraction of sp³-hybridized carbons (Fsp3) is 0.364. The highest BCUT2D eigenvalue weighted by atomic mass is 32.1. The van der Waals surface area contributed by atoms with Crippen molar-refractivity contribution in [2.45, 2.75) is 25.8 Å². The smallest absolute Gasteiger partial charge is 0.182 e. The summed E-state index contributed by atoms with van der Waals surface area (Å²) in [7, 11) is 0. The van der Waals surface area contributed by atoms with Crippen molar-refractivity contribution in [3.8, 4) is 0 Å². The zero-order valence-corrected chi connectivity index (χ0v) is 9.46. The van der Waals surface area contributed by atoms with Gasteiger partial charge in [-0.1, -0.05) is 0 Å². The van der Waals surface area contributed by atoms with Crippen LogP contribution in [0.5, 0.6) is 0 Å². The van der Waals surface area contributed by atoms with Crippen molar-refractivity contribution in [2.24, 2.45) is 0 Å². The van der Waals surface area contributed by atoms with E-state index in [4.69, 9.17) is 4.42 Å². The third-order valence-electron chi connectivity index (χ3n) is 2.21. The second kappa shape index (κ2) is 4.98. The molecule has 0 aromatic carbocycles. The molecule has 0 aliphatic rings. The number of furan rings is 1. The molecule has 1 N–H and O–H groups in total. The highest BCUT2D eigenvalue weighted by molar-refractivity contribution is 7.13. The average molecular weight is 222 g/mol. The molecule has 0 spiro atoms. The second-order valence-corrected chi connectivity index (χ2v) is 4.40. The van der Waals surface area contributed by atoms with Crippen molar-refractivity contribution < 1.29 is 4.42 Å². The molecule has 0 radical (unpaired) electrons. The Morgan fingerprint density at radius 1 is 1.60 bits per heavy atom. The largest absolute Gasteiger partial charge is 0.469 e. The van der Waals surface area contributed by atoms with E-state index < -0.39 is 0 Å². The number of anilines is 1. The summed E-state index contributed by atoms with van der Waals surface area (Å²) in [6, 6.07) is 4.35. The highest BCUT2D eigenvalue weighted by Gasteiger charge is 2.05. The van der Waals surface area contributed by atoms with E-state index in [9.17, 15) is 0 Å². The maximum Gasteiger partial charge on any atom is 0.182 e. The van der Waals surface area contributed by atoms with Crippen LogP contribution in [0.1, 0.15) is 19.1 Å². The molecule has 2 heterocycles. The number of aromatic nitrogens is 1. The molecule has 80 valence electrons. The summed E-state index contributed by atoms with van der Waals surface area (Å²) in [5.74, 6) is 1.04. The Balaban J connectivity index is 1.76. The normalized spacial score (nSPS) is 12.6. The minimum Gasteiger partial charge on any atom is -0.469 e. The topological polar surface area (TPSA) is 38.1 Å². The van der Waals surface area contributed by atoms with Gasteiger partial charge in [-0.05, 0) is 25.5 Å². The van der Waals surface area contributed by atoms with E-state index in [0.717, 1.165) is 23.7 Å². The zero-order chi connectivity index (χ0) is 10.5. The summed E-state index contributed by atoms with van der Waals surface area (Å²) in [6.45, 7) is 2.16. The van der Waals surface area contributed by atoms with Gasteiger partial charge >= 0.3 is 0 Å². The third kappa shape index (κ3) is 3.09. The standard InChI is InChI=1S/C11H14N2OS/c1-9(13-11-12-6-8-15-11)4-5-10-3-2-7-14-10/h2-3,6-9H,4-5H2,1H3,(H,12,13). The molecule has 2 aromatic rings. The van der Waals surface area contributed by atoms with Crippen LogP contribution in [0, 0.1) is 0 Å². The van der Waals surface area contributed by atoms with Crippen molar-refractivity contribution in [3.05, 3.63) is 35.7 Å². The van der Waals surface area contributed by atoms with E-state index in [-0.39, 0.29) is 0 Å². The van der Waals surface area contributed by atoms with Crippen molar-refractivity contribution >= 4 is 16.5 Å². The molecular formula is C11H14N2OS. The Morgan fingerprint density at radius 2 is 2.53 bits per heavy atom. The van der Waals surface area contributed by atoms with E-state index in [1.165, 1.54) is 0 Å². The van der Waals surface area contributed by atoms with Gasteiger partial charge in [0.1, 0.15) is 5.76 Å². The Morgan fingerprint density at radius 3 is 3.20 bits per heavy atom. The average Bonchev–Trinajstić information content (AvgIpc) is 2.86. The molecule has 4 heteroatoms. The molecular weight excluding hydrogens is 208 g/mol. The third-order valence-corrected chi connectivity index (χ3v) is 2.91. The van der Waals surface area contributed by atoms with Crippen molar-refractivity contribution in [2.75, 3.05) is 5.32 Å².